The number of rotatable bonds is 5. The molecule has 1 amide bonds. The Labute approximate surface area is 136 Å². The third kappa shape index (κ3) is 3.85. The first-order valence-electron chi connectivity index (χ1n) is 8.27. The Balaban J connectivity index is 1.53. The molecule has 1 aliphatic rings. The number of ether oxygens (including phenoxy) is 1. The van der Waals surface area contributed by atoms with E-state index in [4.69, 9.17) is 4.74 Å². The van der Waals surface area contributed by atoms with E-state index in [0.29, 0.717) is 24.1 Å². The third-order valence-electron chi connectivity index (χ3n) is 4.75. The standard InChI is InChI=1S/C18H23N3O2/c1-23-14-4-2-13(3-5-14)6-10-21-18(22)15-7-11-20-17-8-9-19-12-16(15)17/h7-9,11-14H,2-6,10H2,1H3,(H,21,22). The van der Waals surface area contributed by atoms with E-state index >= 15 is 0 Å². The van der Waals surface area contributed by atoms with Gasteiger partial charge in [0.15, 0.2) is 0 Å². The van der Waals surface area contributed by atoms with Gasteiger partial charge in [-0.15, -0.1) is 0 Å². The van der Waals surface area contributed by atoms with Crippen LogP contribution in [0.25, 0.3) is 10.9 Å². The zero-order valence-corrected chi connectivity index (χ0v) is 13.5. The minimum Gasteiger partial charge on any atom is -0.381 e. The molecule has 1 aliphatic carbocycles. The molecule has 1 N–H and O–H groups in total. The van der Waals surface area contributed by atoms with Crippen LogP contribution < -0.4 is 5.32 Å². The van der Waals surface area contributed by atoms with Crippen molar-refractivity contribution in [1.29, 1.82) is 0 Å². The highest BCUT2D eigenvalue weighted by Crippen LogP contribution is 2.27. The summed E-state index contributed by atoms with van der Waals surface area (Å²) in [6, 6.07) is 3.57. The number of aromatic nitrogens is 2. The number of nitrogens with zero attached hydrogens (tertiary/aromatic N) is 2. The molecule has 0 atom stereocenters. The summed E-state index contributed by atoms with van der Waals surface area (Å²) in [5.74, 6) is 0.647. The molecule has 0 aromatic carbocycles. The van der Waals surface area contributed by atoms with Gasteiger partial charge in [-0.3, -0.25) is 14.8 Å². The minimum atomic E-state index is -0.0454. The van der Waals surface area contributed by atoms with Crippen molar-refractivity contribution in [3.63, 3.8) is 0 Å². The number of amides is 1. The molecular weight excluding hydrogens is 290 g/mol. The highest BCUT2D eigenvalue weighted by Gasteiger charge is 2.20. The number of hydrogen-bond donors (Lipinski definition) is 1. The monoisotopic (exact) mass is 313 g/mol. The van der Waals surface area contributed by atoms with Crippen LogP contribution in [0.5, 0.6) is 0 Å². The van der Waals surface area contributed by atoms with Crippen molar-refractivity contribution in [2.75, 3.05) is 13.7 Å². The SMILES string of the molecule is COC1CCC(CCNC(=O)c2ccnc3ccncc23)CC1. The van der Waals surface area contributed by atoms with Crippen molar-refractivity contribution in [3.05, 3.63) is 36.3 Å². The van der Waals surface area contributed by atoms with Crippen LogP contribution in [-0.2, 0) is 4.74 Å². The average molecular weight is 313 g/mol. The van der Waals surface area contributed by atoms with Crippen LogP contribution in [0, 0.1) is 5.92 Å². The molecule has 0 radical (unpaired) electrons. The van der Waals surface area contributed by atoms with Crippen LogP contribution in [0.2, 0.25) is 0 Å². The van der Waals surface area contributed by atoms with Crippen molar-refractivity contribution in [1.82, 2.24) is 15.3 Å². The Morgan fingerprint density at radius 2 is 2.09 bits per heavy atom. The van der Waals surface area contributed by atoms with E-state index < -0.39 is 0 Å². The quantitative estimate of drug-likeness (QED) is 0.922. The second-order valence-electron chi connectivity index (χ2n) is 6.17. The third-order valence-corrected chi connectivity index (χ3v) is 4.75. The molecule has 23 heavy (non-hydrogen) atoms. The molecule has 5 nitrogen and oxygen atoms in total. The molecule has 122 valence electrons. The Morgan fingerprint density at radius 1 is 1.26 bits per heavy atom. The molecule has 1 saturated carbocycles. The molecule has 2 heterocycles. The predicted octanol–water partition coefficient (Wildman–Crippen LogP) is 2.95. The van der Waals surface area contributed by atoms with Crippen LogP contribution in [0.15, 0.2) is 30.7 Å². The van der Waals surface area contributed by atoms with E-state index in [1.165, 1.54) is 12.8 Å². The van der Waals surface area contributed by atoms with E-state index in [9.17, 15) is 4.79 Å². The van der Waals surface area contributed by atoms with E-state index in [0.717, 1.165) is 30.2 Å². The Kier molecular flexibility index (Phi) is 5.18. The highest BCUT2D eigenvalue weighted by atomic mass is 16.5. The molecular formula is C18H23N3O2. The van der Waals surface area contributed by atoms with Gasteiger partial charge in [0.1, 0.15) is 0 Å². The van der Waals surface area contributed by atoms with Gasteiger partial charge in [0.05, 0.1) is 17.2 Å². The summed E-state index contributed by atoms with van der Waals surface area (Å²) >= 11 is 0. The first kappa shape index (κ1) is 15.9. The smallest absolute Gasteiger partial charge is 0.252 e. The lowest BCUT2D eigenvalue weighted by Gasteiger charge is -2.27. The number of carbonyl (C=O) groups excluding carboxylic acids is 1. The molecule has 0 aliphatic heterocycles. The fourth-order valence-corrected chi connectivity index (χ4v) is 3.33. The van der Waals surface area contributed by atoms with Crippen molar-refractivity contribution in [2.24, 2.45) is 5.92 Å². The summed E-state index contributed by atoms with van der Waals surface area (Å²) in [6.07, 6.45) is 11.2. The fraction of sp³-hybridized carbons (Fsp3) is 0.500. The number of fused-ring (bicyclic) bond motifs is 1. The number of nitrogens with one attached hydrogen (secondary N) is 1. The lowest BCUT2D eigenvalue weighted by atomic mass is 9.85. The van der Waals surface area contributed by atoms with E-state index in [1.807, 2.05) is 6.07 Å². The van der Waals surface area contributed by atoms with Gasteiger partial charge in [-0.25, -0.2) is 0 Å². The Morgan fingerprint density at radius 3 is 2.87 bits per heavy atom. The topological polar surface area (TPSA) is 64.1 Å². The lowest BCUT2D eigenvalue weighted by Crippen LogP contribution is -2.28. The number of pyridine rings is 2. The van der Waals surface area contributed by atoms with Crippen molar-refractivity contribution in [2.45, 2.75) is 38.2 Å². The minimum absolute atomic E-state index is 0.0454. The second kappa shape index (κ2) is 7.51. The van der Waals surface area contributed by atoms with Crippen LogP contribution in [0.4, 0.5) is 0 Å². The second-order valence-corrected chi connectivity index (χ2v) is 6.17. The zero-order chi connectivity index (χ0) is 16.1. The number of carbonyl (C=O) groups is 1. The normalized spacial score (nSPS) is 21.3. The molecule has 0 saturated heterocycles. The van der Waals surface area contributed by atoms with Crippen molar-refractivity contribution < 1.29 is 9.53 Å². The van der Waals surface area contributed by atoms with E-state index in [2.05, 4.69) is 15.3 Å². The maximum Gasteiger partial charge on any atom is 0.252 e. The van der Waals surface area contributed by atoms with Crippen LogP contribution in [0.1, 0.15) is 42.5 Å². The first-order valence-corrected chi connectivity index (χ1v) is 8.27. The maximum atomic E-state index is 12.4. The molecule has 2 aromatic heterocycles. The molecule has 2 aromatic rings. The van der Waals surface area contributed by atoms with Gasteiger partial charge in [0.2, 0.25) is 0 Å². The molecule has 3 rings (SSSR count). The summed E-state index contributed by atoms with van der Waals surface area (Å²) in [7, 11) is 1.79. The molecule has 0 bridgehead atoms. The largest absolute Gasteiger partial charge is 0.381 e. The van der Waals surface area contributed by atoms with Crippen LogP contribution in [0.3, 0.4) is 0 Å². The van der Waals surface area contributed by atoms with Crippen molar-refractivity contribution >= 4 is 16.8 Å². The van der Waals surface area contributed by atoms with E-state index in [-0.39, 0.29) is 5.91 Å². The molecule has 0 unspecified atom stereocenters. The average Bonchev–Trinajstić information content (AvgIpc) is 2.61. The summed E-state index contributed by atoms with van der Waals surface area (Å²) in [5.41, 5.74) is 1.44. The zero-order valence-electron chi connectivity index (χ0n) is 13.5. The van der Waals surface area contributed by atoms with Gasteiger partial charge < -0.3 is 10.1 Å². The van der Waals surface area contributed by atoms with Gasteiger partial charge in [-0.1, -0.05) is 0 Å². The predicted molar refractivity (Wildman–Crippen MR) is 89.2 cm³/mol. The van der Waals surface area contributed by atoms with Gasteiger partial charge in [0, 0.05) is 37.6 Å². The maximum absolute atomic E-state index is 12.4. The Bertz CT molecular complexity index is 661. The summed E-state index contributed by atoms with van der Waals surface area (Å²) in [4.78, 5) is 20.8. The number of methoxy groups -OCH3 is 1. The van der Waals surface area contributed by atoms with Crippen LogP contribution >= 0.6 is 0 Å². The van der Waals surface area contributed by atoms with Crippen molar-refractivity contribution in [3.8, 4) is 0 Å². The highest BCUT2D eigenvalue weighted by molar-refractivity contribution is 6.05. The van der Waals surface area contributed by atoms with Gasteiger partial charge in [-0.2, -0.15) is 0 Å². The van der Waals surface area contributed by atoms with E-state index in [1.54, 1.807) is 31.8 Å². The van der Waals surface area contributed by atoms with Gasteiger partial charge in [-0.05, 0) is 50.2 Å². The molecule has 0 spiro atoms. The summed E-state index contributed by atoms with van der Waals surface area (Å²) < 4.78 is 5.40. The summed E-state index contributed by atoms with van der Waals surface area (Å²) in [6.45, 7) is 0.714. The van der Waals surface area contributed by atoms with Gasteiger partial charge >= 0.3 is 0 Å². The fourth-order valence-electron chi connectivity index (χ4n) is 3.33. The van der Waals surface area contributed by atoms with Gasteiger partial charge in [0.25, 0.3) is 5.91 Å². The lowest BCUT2D eigenvalue weighted by molar-refractivity contribution is 0.0554. The number of hydrogen-bond acceptors (Lipinski definition) is 4. The summed E-state index contributed by atoms with van der Waals surface area (Å²) in [5, 5.41) is 3.84. The first-order chi connectivity index (χ1) is 11.3. The Hall–Kier alpha value is -2.01. The van der Waals surface area contributed by atoms with Crippen LogP contribution in [-0.4, -0.2) is 35.6 Å². The molecule has 5 heteroatoms. The molecule has 1 fully saturated rings.